The molecule has 1 N–H and O–H groups in total. The van der Waals surface area contributed by atoms with E-state index < -0.39 is 0 Å². The molecule has 0 radical (unpaired) electrons. The second-order valence-electron chi connectivity index (χ2n) is 7.24. The average Bonchev–Trinajstić information content (AvgIpc) is 3.24. The van der Waals surface area contributed by atoms with E-state index in [-0.39, 0.29) is 11.9 Å². The van der Waals surface area contributed by atoms with Crippen molar-refractivity contribution in [3.63, 3.8) is 0 Å². The maximum atomic E-state index is 12.8. The molecule has 7 heteroatoms. The molecular weight excluding hydrogens is 366 g/mol. The highest BCUT2D eigenvalue weighted by Gasteiger charge is 2.28. The lowest BCUT2D eigenvalue weighted by Gasteiger charge is -2.34. The zero-order valence-corrected chi connectivity index (χ0v) is 16.3. The van der Waals surface area contributed by atoms with Crippen molar-refractivity contribution in [1.29, 1.82) is 0 Å². The molecule has 1 aliphatic rings. The van der Waals surface area contributed by atoms with Crippen molar-refractivity contribution in [3.05, 3.63) is 66.2 Å². The van der Waals surface area contributed by atoms with Crippen molar-refractivity contribution in [3.8, 4) is 11.5 Å². The van der Waals surface area contributed by atoms with Crippen molar-refractivity contribution in [2.24, 2.45) is 0 Å². The Morgan fingerprint density at radius 3 is 2.83 bits per heavy atom. The van der Waals surface area contributed by atoms with Gasteiger partial charge in [-0.05, 0) is 37.1 Å². The number of pyridine rings is 1. The molecule has 1 saturated heterocycles. The molecule has 1 fully saturated rings. The van der Waals surface area contributed by atoms with Crippen LogP contribution in [0.4, 0.5) is 0 Å². The van der Waals surface area contributed by atoms with E-state index in [9.17, 15) is 4.79 Å². The van der Waals surface area contributed by atoms with E-state index in [1.807, 2.05) is 36.4 Å². The Morgan fingerprint density at radius 1 is 1.14 bits per heavy atom. The van der Waals surface area contributed by atoms with E-state index in [4.69, 9.17) is 4.52 Å². The van der Waals surface area contributed by atoms with Gasteiger partial charge in [-0.15, -0.1) is 0 Å². The summed E-state index contributed by atoms with van der Waals surface area (Å²) in [6.07, 6.45) is 5.30. The number of likely N-dealkylation sites (tertiary alicyclic amines) is 1. The van der Waals surface area contributed by atoms with E-state index in [1.165, 1.54) is 5.56 Å². The van der Waals surface area contributed by atoms with E-state index in [2.05, 4.69) is 37.5 Å². The summed E-state index contributed by atoms with van der Waals surface area (Å²) in [5, 5.41) is 7.01. The SMILES string of the molecule is O=C(NCCc1nc(-c2ccccn2)no1)[C@H]1CCCCN1Cc1ccccc1. The first-order chi connectivity index (χ1) is 14.3. The maximum Gasteiger partial charge on any atom is 0.237 e. The minimum absolute atomic E-state index is 0.0742. The zero-order valence-electron chi connectivity index (χ0n) is 16.3. The topological polar surface area (TPSA) is 84.2 Å². The van der Waals surface area contributed by atoms with E-state index in [1.54, 1.807) is 6.20 Å². The fourth-order valence-corrected chi connectivity index (χ4v) is 3.66. The number of hydrogen-bond acceptors (Lipinski definition) is 6. The molecule has 29 heavy (non-hydrogen) atoms. The lowest BCUT2D eigenvalue weighted by Crippen LogP contribution is -2.49. The Labute approximate surface area is 170 Å². The van der Waals surface area contributed by atoms with Crippen LogP contribution in [0.25, 0.3) is 11.5 Å². The monoisotopic (exact) mass is 391 g/mol. The zero-order chi connectivity index (χ0) is 19.9. The number of nitrogens with one attached hydrogen (secondary N) is 1. The number of piperidine rings is 1. The summed E-state index contributed by atoms with van der Waals surface area (Å²) in [5.74, 6) is 1.04. The van der Waals surface area contributed by atoms with Crippen LogP contribution >= 0.6 is 0 Å². The number of nitrogens with zero attached hydrogens (tertiary/aromatic N) is 4. The van der Waals surface area contributed by atoms with Gasteiger partial charge in [-0.3, -0.25) is 14.7 Å². The number of rotatable bonds is 7. The fourth-order valence-electron chi connectivity index (χ4n) is 3.66. The largest absolute Gasteiger partial charge is 0.354 e. The minimum Gasteiger partial charge on any atom is -0.354 e. The molecule has 150 valence electrons. The molecule has 0 bridgehead atoms. The molecule has 4 rings (SSSR count). The number of carbonyl (C=O) groups excluding carboxylic acids is 1. The van der Waals surface area contributed by atoms with Crippen LogP contribution in [-0.4, -0.2) is 45.1 Å². The molecule has 0 spiro atoms. The molecule has 1 amide bonds. The molecule has 0 saturated carbocycles. The van der Waals surface area contributed by atoms with Crippen molar-refractivity contribution < 1.29 is 9.32 Å². The summed E-state index contributed by atoms with van der Waals surface area (Å²) >= 11 is 0. The molecule has 1 aliphatic heterocycles. The molecular formula is C22H25N5O2. The Hall–Kier alpha value is -3.06. The van der Waals surface area contributed by atoms with Gasteiger partial charge in [-0.1, -0.05) is 48.0 Å². The predicted octanol–water partition coefficient (Wildman–Crippen LogP) is 2.85. The third-order valence-corrected chi connectivity index (χ3v) is 5.14. The second kappa shape index (κ2) is 9.43. The van der Waals surface area contributed by atoms with Crippen LogP contribution in [0.1, 0.15) is 30.7 Å². The predicted molar refractivity (Wildman–Crippen MR) is 109 cm³/mol. The molecule has 3 heterocycles. The standard InChI is InChI=1S/C22H25N5O2/c28-22(19-11-5-7-15-27(19)16-17-8-2-1-3-9-17)24-14-12-20-25-21(26-29-20)18-10-4-6-13-23-18/h1-4,6,8-10,13,19H,5,7,11-12,14-16H2,(H,24,28)/t19-/m1/s1. The molecule has 2 aromatic heterocycles. The number of aromatic nitrogens is 3. The van der Waals surface area contributed by atoms with Gasteiger partial charge in [0.2, 0.25) is 17.6 Å². The molecule has 0 unspecified atom stereocenters. The van der Waals surface area contributed by atoms with Crippen LogP contribution < -0.4 is 5.32 Å². The lowest BCUT2D eigenvalue weighted by molar-refractivity contribution is -0.127. The summed E-state index contributed by atoms with van der Waals surface area (Å²) in [5.41, 5.74) is 1.91. The first kappa shape index (κ1) is 19.3. The third kappa shape index (κ3) is 5.06. The van der Waals surface area contributed by atoms with Gasteiger partial charge >= 0.3 is 0 Å². The minimum atomic E-state index is -0.0873. The van der Waals surface area contributed by atoms with Crippen molar-refractivity contribution in [2.75, 3.05) is 13.1 Å². The van der Waals surface area contributed by atoms with Crippen molar-refractivity contribution >= 4 is 5.91 Å². The van der Waals surface area contributed by atoms with Gasteiger partial charge in [-0.25, -0.2) is 0 Å². The van der Waals surface area contributed by atoms with Gasteiger partial charge in [0, 0.05) is 25.7 Å². The molecule has 0 aliphatic carbocycles. The van der Waals surface area contributed by atoms with Crippen LogP contribution in [-0.2, 0) is 17.8 Å². The third-order valence-electron chi connectivity index (χ3n) is 5.14. The average molecular weight is 391 g/mol. The number of carbonyl (C=O) groups is 1. The second-order valence-corrected chi connectivity index (χ2v) is 7.24. The Bertz CT molecular complexity index is 913. The molecule has 1 atom stereocenters. The summed E-state index contributed by atoms with van der Waals surface area (Å²) in [4.78, 5) is 23.6. The van der Waals surface area contributed by atoms with Crippen molar-refractivity contribution in [2.45, 2.75) is 38.3 Å². The van der Waals surface area contributed by atoms with Gasteiger partial charge in [0.25, 0.3) is 0 Å². The van der Waals surface area contributed by atoms with E-state index >= 15 is 0 Å². The van der Waals surface area contributed by atoms with Gasteiger partial charge in [0.05, 0.1) is 6.04 Å². The highest BCUT2D eigenvalue weighted by molar-refractivity contribution is 5.81. The first-order valence-electron chi connectivity index (χ1n) is 10.1. The maximum absolute atomic E-state index is 12.8. The van der Waals surface area contributed by atoms with Crippen molar-refractivity contribution in [1.82, 2.24) is 25.3 Å². The van der Waals surface area contributed by atoms with Crippen LogP contribution in [0.5, 0.6) is 0 Å². The lowest BCUT2D eigenvalue weighted by atomic mass is 10.0. The van der Waals surface area contributed by atoms with Gasteiger partial charge < -0.3 is 9.84 Å². The highest BCUT2D eigenvalue weighted by atomic mass is 16.5. The van der Waals surface area contributed by atoms with E-state index in [0.29, 0.717) is 30.4 Å². The summed E-state index contributed by atoms with van der Waals surface area (Å²) in [6, 6.07) is 15.8. The smallest absolute Gasteiger partial charge is 0.237 e. The van der Waals surface area contributed by atoms with Crippen LogP contribution in [0.2, 0.25) is 0 Å². The van der Waals surface area contributed by atoms with Crippen LogP contribution in [0.15, 0.2) is 59.3 Å². The summed E-state index contributed by atoms with van der Waals surface area (Å²) in [6.45, 7) is 2.22. The van der Waals surface area contributed by atoms with Gasteiger partial charge in [-0.2, -0.15) is 4.98 Å². The summed E-state index contributed by atoms with van der Waals surface area (Å²) < 4.78 is 5.28. The quantitative estimate of drug-likeness (QED) is 0.667. The summed E-state index contributed by atoms with van der Waals surface area (Å²) in [7, 11) is 0. The number of benzene rings is 1. The molecule has 3 aromatic rings. The first-order valence-corrected chi connectivity index (χ1v) is 10.1. The molecule has 7 nitrogen and oxygen atoms in total. The Morgan fingerprint density at radius 2 is 2.00 bits per heavy atom. The fraction of sp³-hybridized carbons (Fsp3) is 0.364. The number of hydrogen-bond donors (Lipinski definition) is 1. The van der Waals surface area contributed by atoms with Crippen LogP contribution in [0.3, 0.4) is 0 Å². The normalized spacial score (nSPS) is 17.2. The molecule has 1 aromatic carbocycles. The highest BCUT2D eigenvalue weighted by Crippen LogP contribution is 2.20. The number of amides is 1. The Kier molecular flexibility index (Phi) is 6.26. The Balaban J connectivity index is 1.30. The van der Waals surface area contributed by atoms with Crippen LogP contribution in [0, 0.1) is 0 Å². The van der Waals surface area contributed by atoms with Gasteiger partial charge in [0.15, 0.2) is 0 Å². The van der Waals surface area contributed by atoms with E-state index in [0.717, 1.165) is 32.4 Å². The van der Waals surface area contributed by atoms with Gasteiger partial charge in [0.1, 0.15) is 5.69 Å².